The number of carbonyl (C=O) groups excluding carboxylic acids is 2. The molecule has 7 aliphatic carbocycles. The lowest BCUT2D eigenvalue weighted by molar-refractivity contribution is -0.138. The highest BCUT2D eigenvalue weighted by Crippen LogP contribution is 2.65. The van der Waals surface area contributed by atoms with Gasteiger partial charge in [0.1, 0.15) is 0 Å². The fourth-order valence-electron chi connectivity index (χ4n) is 11.3. The van der Waals surface area contributed by atoms with Gasteiger partial charge in [-0.3, -0.25) is 9.59 Å². The van der Waals surface area contributed by atoms with Gasteiger partial charge >= 0.3 is 0 Å². The molecule has 5 heteroatoms. The van der Waals surface area contributed by atoms with E-state index in [1.54, 1.807) is 0 Å². The molecule has 0 aromatic carbocycles. The normalized spacial score (nSPS) is 53.1. The molecule has 8 rings (SSSR count). The van der Waals surface area contributed by atoms with Crippen molar-refractivity contribution in [2.24, 2.45) is 52.3 Å². The average Bonchev–Trinajstić information content (AvgIpc) is 3.13. The van der Waals surface area contributed by atoms with Crippen molar-refractivity contribution < 1.29 is 9.59 Å². The third-order valence-electron chi connectivity index (χ3n) is 12.4. The van der Waals surface area contributed by atoms with Crippen LogP contribution in [0.2, 0.25) is 0 Å². The van der Waals surface area contributed by atoms with Crippen LogP contribution in [0.25, 0.3) is 0 Å². The summed E-state index contributed by atoms with van der Waals surface area (Å²) in [5.41, 5.74) is 1.48. The Balaban J connectivity index is 1.12. The molecule has 1 aliphatic heterocycles. The average molecular weight is 530 g/mol. The molecular formula is C29H41BrN2O2. The Morgan fingerprint density at radius 1 is 0.971 bits per heavy atom. The first-order chi connectivity index (χ1) is 16.2. The quantitative estimate of drug-likeness (QED) is 0.482. The van der Waals surface area contributed by atoms with Crippen LogP contribution in [0.5, 0.6) is 0 Å². The number of ketones is 1. The van der Waals surface area contributed by atoms with Gasteiger partial charge in [0.05, 0.1) is 4.48 Å². The number of nitrogens with one attached hydrogen (secondary N) is 2. The van der Waals surface area contributed by atoms with E-state index in [1.807, 2.05) is 0 Å². The van der Waals surface area contributed by atoms with E-state index in [4.69, 9.17) is 0 Å². The second kappa shape index (κ2) is 7.35. The summed E-state index contributed by atoms with van der Waals surface area (Å²) in [7, 11) is 0. The van der Waals surface area contributed by atoms with Gasteiger partial charge in [0.2, 0.25) is 5.91 Å². The highest BCUT2D eigenvalue weighted by Gasteiger charge is 2.62. The topological polar surface area (TPSA) is 58.2 Å². The molecule has 1 heterocycles. The van der Waals surface area contributed by atoms with Gasteiger partial charge < -0.3 is 10.6 Å². The summed E-state index contributed by atoms with van der Waals surface area (Å²) in [6.45, 7) is 5.81. The highest BCUT2D eigenvalue weighted by atomic mass is 79.9. The van der Waals surface area contributed by atoms with Gasteiger partial charge in [0.15, 0.2) is 5.78 Å². The third-order valence-corrected chi connectivity index (χ3v) is 13.3. The predicted molar refractivity (Wildman–Crippen MR) is 136 cm³/mol. The molecule has 2 N–H and O–H groups in total. The summed E-state index contributed by atoms with van der Waals surface area (Å²) < 4.78 is 0.798. The molecule has 0 radical (unpaired) electrons. The number of halogens is 1. The smallest absolute Gasteiger partial charge is 0.224 e. The van der Waals surface area contributed by atoms with Crippen LogP contribution in [0.1, 0.15) is 90.9 Å². The van der Waals surface area contributed by atoms with Gasteiger partial charge in [-0.2, -0.15) is 0 Å². The summed E-state index contributed by atoms with van der Waals surface area (Å²) >= 11 is 3.63. The number of piperidine rings is 1. The number of allylic oxidation sites excluding steroid dienone is 2. The second-order valence-corrected chi connectivity index (χ2v) is 14.9. The number of amides is 1. The van der Waals surface area contributed by atoms with Crippen molar-refractivity contribution in [3.05, 3.63) is 10.2 Å². The molecule has 1 saturated heterocycles. The number of carbonyl (C=O) groups is 2. The Labute approximate surface area is 213 Å². The maximum Gasteiger partial charge on any atom is 0.224 e. The number of hydrogen-bond acceptors (Lipinski definition) is 3. The first kappa shape index (κ1) is 22.4. The lowest BCUT2D eigenvalue weighted by Crippen LogP contribution is -2.62. The van der Waals surface area contributed by atoms with Crippen molar-refractivity contribution in [2.45, 2.75) is 96.4 Å². The van der Waals surface area contributed by atoms with E-state index in [-0.39, 0.29) is 28.1 Å². The van der Waals surface area contributed by atoms with Gasteiger partial charge in [0, 0.05) is 35.5 Å². The first-order valence-corrected chi connectivity index (χ1v) is 15.0. The van der Waals surface area contributed by atoms with Crippen LogP contribution >= 0.6 is 15.9 Å². The van der Waals surface area contributed by atoms with Gasteiger partial charge in [-0.15, -0.1) is 0 Å². The molecule has 1 amide bonds. The Bertz CT molecular complexity index is 938. The monoisotopic (exact) mass is 528 g/mol. The maximum absolute atomic E-state index is 13.9. The van der Waals surface area contributed by atoms with E-state index in [9.17, 15) is 9.59 Å². The summed E-state index contributed by atoms with van der Waals surface area (Å²) in [5, 5.41) is 7.48. The minimum absolute atomic E-state index is 0.0660. The Morgan fingerprint density at radius 3 is 2.32 bits per heavy atom. The SMILES string of the molecule is C[C@]12CC[C@H]3[C@@H](CNC4=C(Br)C(=O)CC[C@@]43C)[C@@H]1CC[C@@H]2C(=O)NC12CC3CC(CC(C3)C1)C2. The minimum Gasteiger partial charge on any atom is -0.387 e. The Kier molecular flexibility index (Phi) is 4.84. The summed E-state index contributed by atoms with van der Waals surface area (Å²) in [6, 6.07) is 0. The zero-order valence-corrected chi connectivity index (χ0v) is 22.5. The fraction of sp³-hybridized carbons (Fsp3) is 0.862. The van der Waals surface area contributed by atoms with Crippen LogP contribution in [-0.4, -0.2) is 23.8 Å². The van der Waals surface area contributed by atoms with Crippen LogP contribution in [0.15, 0.2) is 10.2 Å². The van der Waals surface area contributed by atoms with Crippen LogP contribution in [0, 0.1) is 52.3 Å². The zero-order valence-electron chi connectivity index (χ0n) is 20.9. The third kappa shape index (κ3) is 3.00. The van der Waals surface area contributed by atoms with Crippen LogP contribution < -0.4 is 10.6 Å². The lowest BCUT2D eigenvalue weighted by Gasteiger charge is -2.59. The molecule has 0 aromatic rings. The van der Waals surface area contributed by atoms with E-state index < -0.39 is 0 Å². The molecule has 7 fully saturated rings. The fourth-order valence-corrected chi connectivity index (χ4v) is 12.1. The van der Waals surface area contributed by atoms with Gasteiger partial charge in [0.25, 0.3) is 0 Å². The van der Waals surface area contributed by atoms with Crippen molar-refractivity contribution in [3.8, 4) is 0 Å². The van der Waals surface area contributed by atoms with Crippen molar-refractivity contribution in [2.75, 3.05) is 6.54 Å². The predicted octanol–water partition coefficient (Wildman–Crippen LogP) is 5.71. The van der Waals surface area contributed by atoms with Gasteiger partial charge in [-0.25, -0.2) is 0 Å². The molecule has 0 unspecified atom stereocenters. The maximum atomic E-state index is 13.9. The van der Waals surface area contributed by atoms with Crippen molar-refractivity contribution in [1.82, 2.24) is 10.6 Å². The van der Waals surface area contributed by atoms with Crippen LogP contribution in [0.3, 0.4) is 0 Å². The summed E-state index contributed by atoms with van der Waals surface area (Å²) in [5.74, 6) is 5.27. The lowest BCUT2D eigenvalue weighted by atomic mass is 9.49. The first-order valence-electron chi connectivity index (χ1n) is 14.2. The number of fused-ring (bicyclic) bond motifs is 5. The van der Waals surface area contributed by atoms with E-state index in [0.717, 1.165) is 48.0 Å². The molecule has 6 atom stereocenters. The molecule has 6 saturated carbocycles. The van der Waals surface area contributed by atoms with Crippen molar-refractivity contribution >= 4 is 27.6 Å². The van der Waals surface area contributed by atoms with Crippen LogP contribution in [0.4, 0.5) is 0 Å². The number of hydrogen-bond donors (Lipinski definition) is 2. The number of Topliss-reactive ketones (excluding diaryl/α,β-unsaturated/α-hetero) is 1. The second-order valence-electron chi connectivity index (χ2n) is 14.1. The molecule has 4 nitrogen and oxygen atoms in total. The zero-order chi connectivity index (χ0) is 23.5. The molecule has 34 heavy (non-hydrogen) atoms. The Morgan fingerprint density at radius 2 is 1.65 bits per heavy atom. The number of rotatable bonds is 2. The molecular weight excluding hydrogens is 488 g/mol. The molecule has 0 spiro atoms. The van der Waals surface area contributed by atoms with E-state index in [1.165, 1.54) is 57.1 Å². The van der Waals surface area contributed by atoms with Gasteiger partial charge in [-0.1, -0.05) is 13.8 Å². The van der Waals surface area contributed by atoms with Crippen molar-refractivity contribution in [3.63, 3.8) is 0 Å². The minimum atomic E-state index is 0.0660. The van der Waals surface area contributed by atoms with Gasteiger partial charge in [-0.05, 0) is 127 Å². The van der Waals surface area contributed by atoms with E-state index in [2.05, 4.69) is 40.4 Å². The molecule has 0 aromatic heterocycles. The largest absolute Gasteiger partial charge is 0.387 e. The summed E-state index contributed by atoms with van der Waals surface area (Å²) in [4.78, 5) is 26.3. The molecule has 4 bridgehead atoms. The Hall–Kier alpha value is -0.840. The summed E-state index contributed by atoms with van der Waals surface area (Å²) in [6.07, 6.45) is 14.2. The van der Waals surface area contributed by atoms with E-state index in [0.29, 0.717) is 30.1 Å². The molecule has 186 valence electrons. The van der Waals surface area contributed by atoms with Crippen LogP contribution in [-0.2, 0) is 9.59 Å². The highest BCUT2D eigenvalue weighted by molar-refractivity contribution is 9.12. The van der Waals surface area contributed by atoms with E-state index >= 15 is 0 Å². The van der Waals surface area contributed by atoms with Crippen molar-refractivity contribution in [1.29, 1.82) is 0 Å². The standard InChI is InChI=1S/C29H41BrN2O2/c1-27-7-5-21-19(15-31-25-24(30)23(33)6-8-28(21,25)2)20(27)3-4-22(27)26(34)32-29-12-16-9-17(13-29)11-18(10-16)14-29/h16-22,31H,3-15H2,1-2H3,(H,32,34)/t16?,17?,18?,19-,20-,21-,22+,27-,28+,29?/m0/s1. The molecule has 8 aliphatic rings.